The van der Waals surface area contributed by atoms with Gasteiger partial charge in [0.25, 0.3) is 0 Å². The highest BCUT2D eigenvalue weighted by molar-refractivity contribution is 7.15. The molecule has 1 aromatic carbocycles. The Kier molecular flexibility index (Phi) is 8.30. The Morgan fingerprint density at radius 1 is 1.33 bits per heavy atom. The summed E-state index contributed by atoms with van der Waals surface area (Å²) >= 11 is 1.43. The standard InChI is InChI=1S/C27H35F2N3O3S/c1-26(2,3)20-10-27(16-34-17-33,9-18-4-5-18)15-32(13-20)14-21-12-31-24(36-21)22-8-19(11-30)6-7-23(22)35-25(28)29/h6-8,12,18,20,25,33H,4-5,9-10,13-17H2,1-3H3/t20-,27-/m1/s1. The quantitative estimate of drug-likeness (QED) is 0.394. The van der Waals surface area contributed by atoms with Crippen LogP contribution in [0.1, 0.15) is 56.9 Å². The molecule has 2 heterocycles. The number of likely N-dealkylation sites (tertiary alicyclic amines) is 1. The van der Waals surface area contributed by atoms with E-state index in [0.717, 1.165) is 36.7 Å². The molecule has 0 spiro atoms. The van der Waals surface area contributed by atoms with Crippen LogP contribution in [-0.4, -0.2) is 48.1 Å². The molecule has 9 heteroatoms. The average molecular weight is 520 g/mol. The molecule has 0 unspecified atom stereocenters. The molecule has 1 aliphatic carbocycles. The summed E-state index contributed by atoms with van der Waals surface area (Å²) in [6, 6.07) is 6.45. The second-order valence-corrected chi connectivity index (χ2v) is 12.5. The highest BCUT2D eigenvalue weighted by Gasteiger charge is 2.46. The number of aliphatic hydroxyl groups is 1. The van der Waals surface area contributed by atoms with E-state index in [-0.39, 0.29) is 23.4 Å². The summed E-state index contributed by atoms with van der Waals surface area (Å²) in [6.07, 6.45) is 6.51. The Bertz CT molecular complexity index is 1080. The van der Waals surface area contributed by atoms with E-state index in [0.29, 0.717) is 35.2 Å². The number of aliphatic hydroxyl groups excluding tert-OH is 1. The van der Waals surface area contributed by atoms with Gasteiger partial charge >= 0.3 is 6.61 Å². The first kappa shape index (κ1) is 26.9. The molecule has 196 valence electrons. The zero-order valence-electron chi connectivity index (χ0n) is 21.2. The number of hydrogen-bond acceptors (Lipinski definition) is 7. The monoisotopic (exact) mass is 519 g/mol. The third-order valence-corrected chi connectivity index (χ3v) is 8.36. The van der Waals surface area contributed by atoms with Crippen molar-refractivity contribution in [1.82, 2.24) is 9.88 Å². The number of benzene rings is 1. The zero-order valence-corrected chi connectivity index (χ0v) is 22.0. The number of ether oxygens (including phenoxy) is 2. The highest BCUT2D eigenvalue weighted by atomic mass is 32.1. The summed E-state index contributed by atoms with van der Waals surface area (Å²) in [6.45, 7) is 6.70. The van der Waals surface area contributed by atoms with Gasteiger partial charge in [0.05, 0.1) is 23.8 Å². The molecule has 0 bridgehead atoms. The van der Waals surface area contributed by atoms with E-state index in [1.165, 1.54) is 36.3 Å². The van der Waals surface area contributed by atoms with Crippen molar-refractivity contribution in [2.24, 2.45) is 22.7 Å². The molecule has 0 amide bonds. The number of thiazole rings is 1. The molecule has 2 aliphatic rings. The third kappa shape index (κ3) is 6.80. The normalized spacial score (nSPS) is 23.1. The van der Waals surface area contributed by atoms with Crippen LogP contribution in [0.5, 0.6) is 5.75 Å². The van der Waals surface area contributed by atoms with Crippen LogP contribution in [0.15, 0.2) is 24.4 Å². The van der Waals surface area contributed by atoms with Gasteiger partial charge in [-0.05, 0) is 48.3 Å². The molecular formula is C27H35F2N3O3S. The smallest absolute Gasteiger partial charge is 0.387 e. The molecular weight excluding hydrogens is 484 g/mol. The lowest BCUT2D eigenvalue weighted by atomic mass is 9.65. The lowest BCUT2D eigenvalue weighted by Gasteiger charge is -2.50. The minimum Gasteiger partial charge on any atom is -0.434 e. The Morgan fingerprint density at radius 3 is 2.75 bits per heavy atom. The van der Waals surface area contributed by atoms with Crippen LogP contribution in [-0.2, 0) is 11.3 Å². The van der Waals surface area contributed by atoms with E-state index >= 15 is 0 Å². The average Bonchev–Trinajstić information content (AvgIpc) is 3.51. The van der Waals surface area contributed by atoms with Gasteiger partial charge in [-0.1, -0.05) is 33.6 Å². The van der Waals surface area contributed by atoms with Gasteiger partial charge in [-0.2, -0.15) is 14.0 Å². The van der Waals surface area contributed by atoms with Gasteiger partial charge in [-0.25, -0.2) is 4.98 Å². The van der Waals surface area contributed by atoms with Crippen molar-refractivity contribution in [3.8, 4) is 22.4 Å². The van der Waals surface area contributed by atoms with E-state index in [4.69, 9.17) is 9.47 Å². The van der Waals surface area contributed by atoms with E-state index in [1.54, 1.807) is 12.3 Å². The van der Waals surface area contributed by atoms with Crippen LogP contribution >= 0.6 is 11.3 Å². The van der Waals surface area contributed by atoms with E-state index in [9.17, 15) is 19.1 Å². The molecule has 1 aliphatic heterocycles. The number of rotatable bonds is 10. The van der Waals surface area contributed by atoms with Crippen LogP contribution in [0.25, 0.3) is 10.6 Å². The maximum atomic E-state index is 13.0. The minimum atomic E-state index is -2.96. The predicted molar refractivity (Wildman–Crippen MR) is 135 cm³/mol. The van der Waals surface area contributed by atoms with Crippen molar-refractivity contribution in [3.05, 3.63) is 34.8 Å². The van der Waals surface area contributed by atoms with Crippen LogP contribution < -0.4 is 4.74 Å². The lowest BCUT2D eigenvalue weighted by Crippen LogP contribution is -2.52. The summed E-state index contributed by atoms with van der Waals surface area (Å²) in [5, 5.41) is 19.2. The number of aromatic nitrogens is 1. The molecule has 1 aromatic heterocycles. The molecule has 1 N–H and O–H groups in total. The van der Waals surface area contributed by atoms with Crippen LogP contribution in [0.4, 0.5) is 8.78 Å². The van der Waals surface area contributed by atoms with E-state index in [1.807, 2.05) is 0 Å². The summed E-state index contributed by atoms with van der Waals surface area (Å²) in [4.78, 5) is 7.99. The van der Waals surface area contributed by atoms with E-state index in [2.05, 4.69) is 36.7 Å². The first-order valence-corrected chi connectivity index (χ1v) is 13.3. The van der Waals surface area contributed by atoms with Crippen molar-refractivity contribution >= 4 is 11.3 Å². The molecule has 1 saturated heterocycles. The van der Waals surface area contributed by atoms with Gasteiger partial charge in [0.1, 0.15) is 17.6 Å². The first-order chi connectivity index (χ1) is 17.1. The highest BCUT2D eigenvalue weighted by Crippen LogP contribution is 2.49. The molecule has 2 fully saturated rings. The van der Waals surface area contributed by atoms with Gasteiger partial charge in [-0.3, -0.25) is 4.90 Å². The van der Waals surface area contributed by atoms with Gasteiger partial charge in [0, 0.05) is 36.1 Å². The number of nitriles is 1. The van der Waals surface area contributed by atoms with Crippen molar-refractivity contribution in [2.45, 2.75) is 59.6 Å². The first-order valence-electron chi connectivity index (χ1n) is 12.5. The molecule has 2 aromatic rings. The van der Waals surface area contributed by atoms with Crippen molar-refractivity contribution in [1.29, 1.82) is 5.26 Å². The predicted octanol–water partition coefficient (Wildman–Crippen LogP) is 5.90. The van der Waals surface area contributed by atoms with Crippen LogP contribution in [0.3, 0.4) is 0 Å². The molecule has 0 radical (unpaired) electrons. The Morgan fingerprint density at radius 2 is 2.11 bits per heavy atom. The van der Waals surface area contributed by atoms with Gasteiger partial charge in [0.2, 0.25) is 0 Å². The van der Waals surface area contributed by atoms with Crippen molar-refractivity contribution < 1.29 is 23.4 Å². The largest absolute Gasteiger partial charge is 0.434 e. The van der Waals surface area contributed by atoms with Crippen LogP contribution in [0.2, 0.25) is 0 Å². The minimum absolute atomic E-state index is 0.00693. The maximum absolute atomic E-state index is 13.0. The third-order valence-electron chi connectivity index (χ3n) is 7.35. The summed E-state index contributed by atoms with van der Waals surface area (Å²) in [7, 11) is 0. The Balaban J connectivity index is 1.57. The number of alkyl halides is 2. The SMILES string of the molecule is CC(C)(C)[C@H]1CN(Cc2cnc(-c3cc(C#N)ccc3OC(F)F)s2)C[C@@](COCO)(CC2CC2)C1. The van der Waals surface area contributed by atoms with E-state index < -0.39 is 6.61 Å². The van der Waals surface area contributed by atoms with Crippen LogP contribution in [0, 0.1) is 34.0 Å². The second-order valence-electron chi connectivity index (χ2n) is 11.4. The summed E-state index contributed by atoms with van der Waals surface area (Å²) < 4.78 is 36.2. The second kappa shape index (κ2) is 11.1. The number of piperidine rings is 1. The lowest BCUT2D eigenvalue weighted by molar-refractivity contribution is -0.0921. The number of nitrogens with zero attached hydrogens (tertiary/aromatic N) is 3. The molecule has 4 rings (SSSR count). The number of halogens is 2. The Hall–Kier alpha value is -2.12. The fraction of sp³-hybridized carbons (Fsp3) is 0.630. The summed E-state index contributed by atoms with van der Waals surface area (Å²) in [5.41, 5.74) is 0.884. The van der Waals surface area contributed by atoms with Crippen molar-refractivity contribution in [3.63, 3.8) is 0 Å². The molecule has 2 atom stereocenters. The Labute approximate surface area is 215 Å². The molecule has 1 saturated carbocycles. The maximum Gasteiger partial charge on any atom is 0.387 e. The number of hydrogen-bond donors (Lipinski definition) is 1. The fourth-order valence-corrected chi connectivity index (χ4v) is 6.38. The topological polar surface area (TPSA) is 78.6 Å². The fourth-order valence-electron chi connectivity index (χ4n) is 5.40. The summed E-state index contributed by atoms with van der Waals surface area (Å²) in [5.74, 6) is 1.22. The molecule has 36 heavy (non-hydrogen) atoms. The van der Waals surface area contributed by atoms with Gasteiger partial charge < -0.3 is 14.6 Å². The van der Waals surface area contributed by atoms with Crippen molar-refractivity contribution in [2.75, 3.05) is 26.5 Å². The van der Waals surface area contributed by atoms with Gasteiger partial charge in [-0.15, -0.1) is 11.3 Å². The van der Waals surface area contributed by atoms with Gasteiger partial charge in [0.15, 0.2) is 0 Å². The zero-order chi connectivity index (χ0) is 25.9. The molecule has 6 nitrogen and oxygen atoms in total.